The first kappa shape index (κ1) is 8.60. The maximum atomic E-state index is 10.5. The molecule has 4 nitrogen and oxygen atoms in total. The number of allylic oxidation sites excluding steroid dienone is 1. The van der Waals surface area contributed by atoms with E-state index < -0.39 is 6.09 Å². The van der Waals surface area contributed by atoms with Crippen LogP contribution in [0.5, 0.6) is 0 Å². The van der Waals surface area contributed by atoms with Crippen molar-refractivity contribution in [2.24, 2.45) is 0 Å². The van der Waals surface area contributed by atoms with E-state index in [-0.39, 0.29) is 0 Å². The summed E-state index contributed by atoms with van der Waals surface area (Å²) in [6, 6.07) is 2.03. The second-order valence-electron chi connectivity index (χ2n) is 2.79. The first-order valence-electron chi connectivity index (χ1n) is 3.71. The summed E-state index contributed by atoms with van der Waals surface area (Å²) < 4.78 is 0. The predicted molar refractivity (Wildman–Crippen MR) is 42.5 cm³/mol. The summed E-state index contributed by atoms with van der Waals surface area (Å²) in [5, 5.41) is 17.2. The fourth-order valence-corrected chi connectivity index (χ4v) is 1.21. The van der Waals surface area contributed by atoms with Gasteiger partial charge in [-0.2, -0.15) is 5.26 Å². The molecule has 0 radical (unpaired) electrons. The third-order valence-electron chi connectivity index (χ3n) is 2.03. The molecule has 1 aliphatic rings. The molecule has 4 heteroatoms. The molecule has 1 N–H and O–H groups in total. The second-order valence-corrected chi connectivity index (χ2v) is 2.79. The van der Waals surface area contributed by atoms with Crippen molar-refractivity contribution in [3.05, 3.63) is 11.1 Å². The summed E-state index contributed by atoms with van der Waals surface area (Å²) in [5.41, 5.74) is 1.60. The van der Waals surface area contributed by atoms with E-state index in [0.29, 0.717) is 25.1 Å². The van der Waals surface area contributed by atoms with Crippen molar-refractivity contribution >= 4 is 6.09 Å². The van der Waals surface area contributed by atoms with E-state index in [1.165, 1.54) is 4.90 Å². The van der Waals surface area contributed by atoms with Crippen molar-refractivity contribution in [3.63, 3.8) is 0 Å². The molecule has 0 aromatic carbocycles. The van der Waals surface area contributed by atoms with Crippen LogP contribution in [0.3, 0.4) is 0 Å². The average Bonchev–Trinajstić information content (AvgIpc) is 2.51. The number of rotatable bonds is 0. The average molecular weight is 166 g/mol. The predicted octanol–water partition coefficient (Wildman–Crippen LogP) is 1.21. The molecule has 1 heterocycles. The Balaban J connectivity index is 2.70. The van der Waals surface area contributed by atoms with Gasteiger partial charge in [-0.15, -0.1) is 0 Å². The minimum absolute atomic E-state index is 0.398. The maximum Gasteiger partial charge on any atom is 0.407 e. The van der Waals surface area contributed by atoms with Gasteiger partial charge in [0.05, 0.1) is 6.07 Å². The first-order chi connectivity index (χ1) is 5.65. The quantitative estimate of drug-likeness (QED) is 0.550. The van der Waals surface area contributed by atoms with Crippen LogP contribution < -0.4 is 0 Å². The van der Waals surface area contributed by atoms with Crippen LogP contribution in [0.25, 0.3) is 0 Å². The first-order valence-corrected chi connectivity index (χ1v) is 3.71. The smallest absolute Gasteiger partial charge is 0.407 e. The molecule has 0 spiro atoms. The van der Waals surface area contributed by atoms with Gasteiger partial charge in [-0.05, 0) is 18.9 Å². The largest absolute Gasteiger partial charge is 0.465 e. The normalized spacial score (nSPS) is 20.5. The lowest BCUT2D eigenvalue weighted by atomic mass is 10.1. The molecule has 0 bridgehead atoms. The van der Waals surface area contributed by atoms with Gasteiger partial charge in [0.1, 0.15) is 0 Å². The van der Waals surface area contributed by atoms with Crippen LogP contribution >= 0.6 is 0 Å². The Hall–Kier alpha value is -1.50. The van der Waals surface area contributed by atoms with Crippen molar-refractivity contribution in [2.45, 2.75) is 13.3 Å². The summed E-state index contributed by atoms with van der Waals surface area (Å²) in [6.07, 6.45) is -0.207. The highest BCUT2D eigenvalue weighted by atomic mass is 16.4. The van der Waals surface area contributed by atoms with Gasteiger partial charge < -0.3 is 10.0 Å². The van der Waals surface area contributed by atoms with Crippen LogP contribution in [0.15, 0.2) is 11.1 Å². The Morgan fingerprint density at radius 2 is 2.42 bits per heavy atom. The summed E-state index contributed by atoms with van der Waals surface area (Å²) >= 11 is 0. The molecular formula is C8H10N2O2. The molecule has 64 valence electrons. The number of hydrogen-bond donors (Lipinski definition) is 1. The summed E-state index contributed by atoms with van der Waals surface area (Å²) in [5.74, 6) is 0. The van der Waals surface area contributed by atoms with Crippen LogP contribution in [-0.4, -0.2) is 29.2 Å². The zero-order chi connectivity index (χ0) is 9.14. The van der Waals surface area contributed by atoms with Gasteiger partial charge in [-0.3, -0.25) is 0 Å². The molecule has 1 saturated heterocycles. The molecule has 0 atom stereocenters. The van der Waals surface area contributed by atoms with Crippen molar-refractivity contribution in [1.82, 2.24) is 4.90 Å². The molecule has 12 heavy (non-hydrogen) atoms. The minimum atomic E-state index is -0.907. The third kappa shape index (κ3) is 1.56. The van der Waals surface area contributed by atoms with E-state index in [0.717, 1.165) is 5.57 Å². The molecule has 0 aliphatic carbocycles. The lowest BCUT2D eigenvalue weighted by Gasteiger charge is -2.08. The van der Waals surface area contributed by atoms with Gasteiger partial charge in [-0.25, -0.2) is 4.79 Å². The van der Waals surface area contributed by atoms with E-state index >= 15 is 0 Å². The zero-order valence-corrected chi connectivity index (χ0v) is 6.87. The lowest BCUT2D eigenvalue weighted by molar-refractivity contribution is 0.156. The lowest BCUT2D eigenvalue weighted by Crippen LogP contribution is -2.25. The standard InChI is InChI=1S/C8H10N2O2/c1-6(4-9)7-2-3-10(5-7)8(11)12/h2-3,5H2,1H3,(H,11,12)/b7-6+. The second kappa shape index (κ2) is 3.26. The Morgan fingerprint density at radius 1 is 1.75 bits per heavy atom. The highest BCUT2D eigenvalue weighted by Crippen LogP contribution is 2.18. The number of nitrogens with zero attached hydrogens (tertiary/aromatic N) is 2. The van der Waals surface area contributed by atoms with E-state index in [1.807, 2.05) is 6.07 Å². The van der Waals surface area contributed by atoms with Crippen molar-refractivity contribution < 1.29 is 9.90 Å². The number of amides is 1. The fraction of sp³-hybridized carbons (Fsp3) is 0.500. The highest BCUT2D eigenvalue weighted by Gasteiger charge is 2.21. The Morgan fingerprint density at radius 3 is 2.83 bits per heavy atom. The monoisotopic (exact) mass is 166 g/mol. The summed E-state index contributed by atoms with van der Waals surface area (Å²) in [7, 11) is 0. The van der Waals surface area contributed by atoms with Crippen molar-refractivity contribution in [2.75, 3.05) is 13.1 Å². The van der Waals surface area contributed by atoms with Gasteiger partial charge in [0.25, 0.3) is 0 Å². The van der Waals surface area contributed by atoms with Crippen LogP contribution in [0.1, 0.15) is 13.3 Å². The maximum absolute atomic E-state index is 10.5. The molecule has 1 rings (SSSR count). The van der Waals surface area contributed by atoms with E-state index in [1.54, 1.807) is 6.92 Å². The summed E-state index contributed by atoms with van der Waals surface area (Å²) in [6.45, 7) is 2.64. The number of likely N-dealkylation sites (tertiary alicyclic amines) is 1. The minimum Gasteiger partial charge on any atom is -0.465 e. The Bertz CT molecular complexity index is 275. The number of hydrogen-bond acceptors (Lipinski definition) is 2. The van der Waals surface area contributed by atoms with Gasteiger partial charge in [-0.1, -0.05) is 0 Å². The molecule has 1 amide bonds. The fourth-order valence-electron chi connectivity index (χ4n) is 1.21. The molecule has 1 fully saturated rings. The van der Waals surface area contributed by atoms with Crippen LogP contribution in [0, 0.1) is 11.3 Å². The van der Waals surface area contributed by atoms with Gasteiger partial charge in [0.15, 0.2) is 0 Å². The molecule has 1 aliphatic heterocycles. The molecule has 0 saturated carbocycles. The highest BCUT2D eigenvalue weighted by molar-refractivity contribution is 5.66. The number of nitriles is 1. The Labute approximate surface area is 70.7 Å². The van der Waals surface area contributed by atoms with E-state index in [4.69, 9.17) is 10.4 Å². The third-order valence-corrected chi connectivity index (χ3v) is 2.03. The zero-order valence-electron chi connectivity index (χ0n) is 6.87. The van der Waals surface area contributed by atoms with Gasteiger partial charge in [0.2, 0.25) is 0 Å². The van der Waals surface area contributed by atoms with E-state index in [9.17, 15) is 4.79 Å². The van der Waals surface area contributed by atoms with Crippen molar-refractivity contribution in [3.8, 4) is 6.07 Å². The van der Waals surface area contributed by atoms with E-state index in [2.05, 4.69) is 0 Å². The molecule has 0 aromatic rings. The number of carboxylic acid groups (broad SMARTS) is 1. The van der Waals surface area contributed by atoms with Crippen LogP contribution in [0.4, 0.5) is 4.79 Å². The Kier molecular flexibility index (Phi) is 2.34. The molecule has 0 aromatic heterocycles. The van der Waals surface area contributed by atoms with Crippen molar-refractivity contribution in [1.29, 1.82) is 5.26 Å². The van der Waals surface area contributed by atoms with Gasteiger partial charge in [0, 0.05) is 18.7 Å². The van der Waals surface area contributed by atoms with Crippen LogP contribution in [-0.2, 0) is 0 Å². The summed E-state index contributed by atoms with van der Waals surface area (Å²) in [4.78, 5) is 11.8. The SMILES string of the molecule is C/C(C#N)=C1/CCN(C(=O)O)C1. The van der Waals surface area contributed by atoms with Crippen LogP contribution in [0.2, 0.25) is 0 Å². The molecule has 0 unspecified atom stereocenters. The topological polar surface area (TPSA) is 64.3 Å². The number of carbonyl (C=O) groups is 1. The molecular weight excluding hydrogens is 156 g/mol. The van der Waals surface area contributed by atoms with Gasteiger partial charge >= 0.3 is 6.09 Å².